The van der Waals surface area contributed by atoms with Gasteiger partial charge in [0, 0.05) is 13.0 Å². The third kappa shape index (κ3) is 5.36. The second kappa shape index (κ2) is 8.00. The molecule has 1 saturated carbocycles. The molecule has 0 heterocycles. The van der Waals surface area contributed by atoms with Gasteiger partial charge in [0.25, 0.3) is 0 Å². The van der Waals surface area contributed by atoms with Gasteiger partial charge in [-0.1, -0.05) is 33.1 Å². The topological polar surface area (TPSA) is 95.5 Å². The van der Waals surface area contributed by atoms with Crippen LogP contribution in [0.2, 0.25) is 0 Å². The highest BCUT2D eigenvalue weighted by atomic mass is 16.4. The Hall–Kier alpha value is -1.59. The fourth-order valence-corrected chi connectivity index (χ4v) is 2.80. The summed E-state index contributed by atoms with van der Waals surface area (Å²) in [6.07, 6.45) is 4.06. The van der Waals surface area contributed by atoms with Gasteiger partial charge >= 0.3 is 5.97 Å². The number of hydrogen-bond acceptors (Lipinski definition) is 3. The van der Waals surface area contributed by atoms with E-state index in [1.807, 2.05) is 13.8 Å². The molecule has 0 radical (unpaired) electrons. The molecule has 0 aromatic heterocycles. The van der Waals surface area contributed by atoms with Gasteiger partial charge in [0.15, 0.2) is 0 Å². The first-order chi connectivity index (χ1) is 9.82. The molecule has 0 bridgehead atoms. The Bertz CT molecular complexity index is 395. The molecule has 3 unspecified atom stereocenters. The Kier molecular flexibility index (Phi) is 6.65. The minimum Gasteiger partial charge on any atom is -0.481 e. The Morgan fingerprint density at radius 3 is 2.24 bits per heavy atom. The van der Waals surface area contributed by atoms with E-state index in [0.717, 1.165) is 19.3 Å². The quantitative estimate of drug-likeness (QED) is 0.667. The first-order valence-electron chi connectivity index (χ1n) is 7.63. The third-order valence-corrected chi connectivity index (χ3v) is 3.97. The van der Waals surface area contributed by atoms with Gasteiger partial charge in [-0.2, -0.15) is 0 Å². The molecule has 1 fully saturated rings. The summed E-state index contributed by atoms with van der Waals surface area (Å²) in [5, 5.41) is 14.8. The maximum Gasteiger partial charge on any atom is 0.308 e. The van der Waals surface area contributed by atoms with E-state index in [4.69, 9.17) is 0 Å². The van der Waals surface area contributed by atoms with Crippen LogP contribution in [0.3, 0.4) is 0 Å². The van der Waals surface area contributed by atoms with E-state index in [0.29, 0.717) is 12.8 Å². The molecular formula is C15H26N2O4. The number of carboxylic acids is 1. The zero-order valence-electron chi connectivity index (χ0n) is 13.0. The SMILES string of the molecule is CC(=O)NC(C(=O)NC1CCCCCC1C(=O)O)C(C)C. The normalized spacial score (nSPS) is 24.0. The van der Waals surface area contributed by atoms with Gasteiger partial charge in [0.05, 0.1) is 5.92 Å². The Balaban J connectivity index is 2.76. The number of aliphatic carboxylic acids is 1. The summed E-state index contributed by atoms with van der Waals surface area (Å²) in [5.41, 5.74) is 0. The first-order valence-corrected chi connectivity index (χ1v) is 7.63. The number of rotatable bonds is 5. The number of nitrogens with one attached hydrogen (secondary N) is 2. The number of amides is 2. The van der Waals surface area contributed by atoms with Crippen LogP contribution >= 0.6 is 0 Å². The first kappa shape index (κ1) is 17.5. The molecular weight excluding hydrogens is 272 g/mol. The van der Waals surface area contributed by atoms with E-state index in [1.54, 1.807) is 0 Å². The van der Waals surface area contributed by atoms with E-state index in [2.05, 4.69) is 10.6 Å². The lowest BCUT2D eigenvalue weighted by Crippen LogP contribution is -2.53. The lowest BCUT2D eigenvalue weighted by molar-refractivity contribution is -0.143. The molecule has 6 nitrogen and oxygen atoms in total. The minimum atomic E-state index is -0.858. The van der Waals surface area contributed by atoms with Crippen molar-refractivity contribution < 1.29 is 19.5 Å². The van der Waals surface area contributed by atoms with E-state index in [-0.39, 0.29) is 23.8 Å². The van der Waals surface area contributed by atoms with Crippen LogP contribution in [0.5, 0.6) is 0 Å². The van der Waals surface area contributed by atoms with Gasteiger partial charge < -0.3 is 15.7 Å². The van der Waals surface area contributed by atoms with Crippen LogP contribution in [0.25, 0.3) is 0 Å². The smallest absolute Gasteiger partial charge is 0.308 e. The molecule has 0 aliphatic heterocycles. The highest BCUT2D eigenvalue weighted by molar-refractivity contribution is 5.87. The summed E-state index contributed by atoms with van der Waals surface area (Å²) in [7, 11) is 0. The van der Waals surface area contributed by atoms with Gasteiger partial charge in [-0.3, -0.25) is 14.4 Å². The molecule has 6 heteroatoms. The Labute approximate surface area is 125 Å². The van der Waals surface area contributed by atoms with Crippen LogP contribution in [-0.2, 0) is 14.4 Å². The second-order valence-corrected chi connectivity index (χ2v) is 6.12. The Morgan fingerprint density at radius 2 is 1.71 bits per heavy atom. The summed E-state index contributed by atoms with van der Waals surface area (Å²) in [5.74, 6) is -2.01. The van der Waals surface area contributed by atoms with Crippen LogP contribution in [0.15, 0.2) is 0 Å². The van der Waals surface area contributed by atoms with Crippen molar-refractivity contribution in [2.24, 2.45) is 11.8 Å². The third-order valence-electron chi connectivity index (χ3n) is 3.97. The van der Waals surface area contributed by atoms with Gasteiger partial charge in [0.1, 0.15) is 6.04 Å². The Morgan fingerprint density at radius 1 is 1.10 bits per heavy atom. The van der Waals surface area contributed by atoms with Gasteiger partial charge in [-0.05, 0) is 18.8 Å². The van der Waals surface area contributed by atoms with Crippen molar-refractivity contribution in [3.05, 3.63) is 0 Å². The highest BCUT2D eigenvalue weighted by Gasteiger charge is 2.33. The summed E-state index contributed by atoms with van der Waals surface area (Å²) in [6, 6.07) is -0.979. The molecule has 1 rings (SSSR count). The number of carboxylic acid groups (broad SMARTS) is 1. The van der Waals surface area contributed by atoms with Crippen molar-refractivity contribution in [1.29, 1.82) is 0 Å². The van der Waals surface area contributed by atoms with Gasteiger partial charge in [0.2, 0.25) is 11.8 Å². The molecule has 21 heavy (non-hydrogen) atoms. The molecule has 1 aliphatic rings. The number of carbonyl (C=O) groups is 3. The van der Waals surface area contributed by atoms with Gasteiger partial charge in [-0.25, -0.2) is 0 Å². The lowest BCUT2D eigenvalue weighted by Gasteiger charge is -2.27. The fourth-order valence-electron chi connectivity index (χ4n) is 2.80. The molecule has 120 valence electrons. The number of hydrogen-bond donors (Lipinski definition) is 3. The highest BCUT2D eigenvalue weighted by Crippen LogP contribution is 2.24. The molecule has 0 spiro atoms. The largest absolute Gasteiger partial charge is 0.481 e. The fraction of sp³-hybridized carbons (Fsp3) is 0.800. The van der Waals surface area contributed by atoms with Crippen molar-refractivity contribution in [2.45, 2.75) is 65.0 Å². The van der Waals surface area contributed by atoms with Crippen LogP contribution in [-0.4, -0.2) is 35.0 Å². The summed E-state index contributed by atoms with van der Waals surface area (Å²) < 4.78 is 0. The predicted molar refractivity (Wildman–Crippen MR) is 78.6 cm³/mol. The molecule has 3 atom stereocenters. The summed E-state index contributed by atoms with van der Waals surface area (Å²) >= 11 is 0. The minimum absolute atomic E-state index is 0.0528. The van der Waals surface area contributed by atoms with Crippen molar-refractivity contribution >= 4 is 17.8 Å². The van der Waals surface area contributed by atoms with E-state index < -0.39 is 17.9 Å². The van der Waals surface area contributed by atoms with Crippen LogP contribution < -0.4 is 10.6 Å². The molecule has 3 N–H and O–H groups in total. The van der Waals surface area contributed by atoms with Gasteiger partial charge in [-0.15, -0.1) is 0 Å². The maximum absolute atomic E-state index is 12.4. The monoisotopic (exact) mass is 298 g/mol. The summed E-state index contributed by atoms with van der Waals surface area (Å²) in [6.45, 7) is 5.07. The van der Waals surface area contributed by atoms with Crippen molar-refractivity contribution in [3.8, 4) is 0 Å². The predicted octanol–water partition coefficient (Wildman–Crippen LogP) is 1.30. The molecule has 1 aliphatic carbocycles. The summed E-state index contributed by atoms with van der Waals surface area (Å²) in [4.78, 5) is 34.9. The standard InChI is InChI=1S/C15H26N2O4/c1-9(2)13(16-10(3)18)14(19)17-12-8-6-4-5-7-11(12)15(20)21/h9,11-13H,4-8H2,1-3H3,(H,16,18)(H,17,19)(H,20,21). The van der Waals surface area contributed by atoms with E-state index >= 15 is 0 Å². The van der Waals surface area contributed by atoms with Crippen molar-refractivity contribution in [1.82, 2.24) is 10.6 Å². The molecule has 0 aromatic carbocycles. The lowest BCUT2D eigenvalue weighted by atomic mass is 9.94. The van der Waals surface area contributed by atoms with Crippen molar-refractivity contribution in [3.63, 3.8) is 0 Å². The van der Waals surface area contributed by atoms with Crippen LogP contribution in [0.1, 0.15) is 52.9 Å². The van der Waals surface area contributed by atoms with E-state index in [1.165, 1.54) is 6.92 Å². The van der Waals surface area contributed by atoms with Crippen molar-refractivity contribution in [2.75, 3.05) is 0 Å². The molecule has 2 amide bonds. The number of carbonyl (C=O) groups excluding carboxylic acids is 2. The average Bonchev–Trinajstić information content (AvgIpc) is 2.60. The van der Waals surface area contributed by atoms with E-state index in [9.17, 15) is 19.5 Å². The second-order valence-electron chi connectivity index (χ2n) is 6.12. The zero-order valence-corrected chi connectivity index (χ0v) is 13.0. The zero-order chi connectivity index (χ0) is 16.0. The molecule has 0 aromatic rings. The van der Waals surface area contributed by atoms with Crippen LogP contribution in [0, 0.1) is 11.8 Å². The maximum atomic E-state index is 12.4. The molecule has 0 saturated heterocycles. The van der Waals surface area contributed by atoms with Crippen LogP contribution in [0.4, 0.5) is 0 Å². The average molecular weight is 298 g/mol.